The fraction of sp³-hybridized carbons (Fsp3) is 0.316. The van der Waals surface area contributed by atoms with E-state index in [4.69, 9.17) is 4.74 Å². The third kappa shape index (κ3) is 4.92. The van der Waals surface area contributed by atoms with Crippen molar-refractivity contribution >= 4 is 5.91 Å². The summed E-state index contributed by atoms with van der Waals surface area (Å²) in [6.07, 6.45) is 0.721. The number of alkyl halides is 2. The van der Waals surface area contributed by atoms with Crippen molar-refractivity contribution in [3.63, 3.8) is 0 Å². The number of benzene rings is 2. The van der Waals surface area contributed by atoms with Crippen molar-refractivity contribution in [2.75, 3.05) is 7.11 Å². The molecule has 2 rings (SSSR count). The zero-order valence-electron chi connectivity index (χ0n) is 14.4. The molecule has 0 saturated heterocycles. The van der Waals surface area contributed by atoms with Gasteiger partial charge in [0, 0.05) is 5.56 Å². The number of halogens is 2. The highest BCUT2D eigenvalue weighted by atomic mass is 19.3. The van der Waals surface area contributed by atoms with Gasteiger partial charge in [-0.2, -0.15) is 8.78 Å². The highest BCUT2D eigenvalue weighted by Crippen LogP contribution is 2.29. The molecule has 0 radical (unpaired) electrons. The molecule has 0 aromatic heterocycles. The van der Waals surface area contributed by atoms with Gasteiger partial charge in [-0.05, 0) is 37.1 Å². The fourth-order valence-corrected chi connectivity index (χ4v) is 2.46. The fourth-order valence-electron chi connectivity index (χ4n) is 2.46. The summed E-state index contributed by atoms with van der Waals surface area (Å²) in [5, 5.41) is 2.95. The van der Waals surface area contributed by atoms with Crippen molar-refractivity contribution in [1.82, 2.24) is 5.32 Å². The number of hydrogen-bond acceptors (Lipinski definition) is 3. The Bertz CT molecular complexity index is 717. The van der Waals surface area contributed by atoms with Crippen LogP contribution in [0.4, 0.5) is 8.78 Å². The van der Waals surface area contributed by atoms with Gasteiger partial charge in [-0.15, -0.1) is 0 Å². The second-order valence-electron chi connectivity index (χ2n) is 5.59. The number of carbonyl (C=O) groups is 1. The standard InChI is InChI=1S/C19H21F2NO3/c1-4-15(13-7-5-12(2)6-8-13)22-18(23)14-9-10-16(25-19(20)21)17(11-14)24-3/h5-11,15,19H,4H2,1-3H3,(H,22,23)/t15-/m1/s1. The lowest BCUT2D eigenvalue weighted by Gasteiger charge is -2.18. The van der Waals surface area contributed by atoms with E-state index in [9.17, 15) is 13.6 Å². The first-order chi connectivity index (χ1) is 11.9. The Kier molecular flexibility index (Phi) is 6.33. The molecule has 0 saturated carbocycles. The van der Waals surface area contributed by atoms with Gasteiger partial charge in [0.2, 0.25) is 0 Å². The smallest absolute Gasteiger partial charge is 0.387 e. The van der Waals surface area contributed by atoms with E-state index in [1.165, 1.54) is 25.3 Å². The Labute approximate surface area is 145 Å². The van der Waals surface area contributed by atoms with Crippen molar-refractivity contribution in [1.29, 1.82) is 0 Å². The number of carbonyl (C=O) groups excluding carboxylic acids is 1. The Hall–Kier alpha value is -2.63. The molecule has 1 amide bonds. The van der Waals surface area contributed by atoms with Crippen molar-refractivity contribution in [2.45, 2.75) is 32.9 Å². The van der Waals surface area contributed by atoms with E-state index in [0.29, 0.717) is 5.56 Å². The summed E-state index contributed by atoms with van der Waals surface area (Å²) >= 11 is 0. The number of rotatable bonds is 7. The average molecular weight is 349 g/mol. The number of aryl methyl sites for hydroxylation is 1. The summed E-state index contributed by atoms with van der Waals surface area (Å²) in [5.74, 6) is -0.342. The second kappa shape index (κ2) is 8.46. The quantitative estimate of drug-likeness (QED) is 0.801. The summed E-state index contributed by atoms with van der Waals surface area (Å²) in [4.78, 5) is 12.5. The summed E-state index contributed by atoms with van der Waals surface area (Å²) in [6.45, 7) is 1.02. The molecule has 0 fully saturated rings. The molecule has 0 aliphatic heterocycles. The van der Waals surface area contributed by atoms with Crippen LogP contribution in [-0.2, 0) is 0 Å². The Morgan fingerprint density at radius 2 is 1.80 bits per heavy atom. The normalized spacial score (nSPS) is 11.9. The third-order valence-corrected chi connectivity index (χ3v) is 3.84. The lowest BCUT2D eigenvalue weighted by molar-refractivity contribution is -0.0512. The van der Waals surface area contributed by atoms with Gasteiger partial charge in [0.25, 0.3) is 5.91 Å². The number of methoxy groups -OCH3 is 1. The van der Waals surface area contributed by atoms with E-state index in [-0.39, 0.29) is 23.4 Å². The molecule has 0 spiro atoms. The van der Waals surface area contributed by atoms with Crippen molar-refractivity contribution < 1.29 is 23.0 Å². The monoisotopic (exact) mass is 349 g/mol. The lowest BCUT2D eigenvalue weighted by Crippen LogP contribution is -2.28. The minimum absolute atomic E-state index is 0.0799. The minimum Gasteiger partial charge on any atom is -0.493 e. The highest BCUT2D eigenvalue weighted by Gasteiger charge is 2.17. The number of hydrogen-bond donors (Lipinski definition) is 1. The lowest BCUT2D eigenvalue weighted by atomic mass is 10.0. The number of nitrogens with one attached hydrogen (secondary N) is 1. The van der Waals surface area contributed by atoms with Crippen LogP contribution in [0.15, 0.2) is 42.5 Å². The first-order valence-electron chi connectivity index (χ1n) is 7.94. The Morgan fingerprint density at radius 1 is 1.12 bits per heavy atom. The van der Waals surface area contributed by atoms with Gasteiger partial charge in [0.05, 0.1) is 13.2 Å². The molecular formula is C19H21F2NO3. The van der Waals surface area contributed by atoms with Gasteiger partial charge in [-0.25, -0.2) is 0 Å². The third-order valence-electron chi connectivity index (χ3n) is 3.84. The van der Waals surface area contributed by atoms with Gasteiger partial charge >= 0.3 is 6.61 Å². The van der Waals surface area contributed by atoms with Crippen LogP contribution in [-0.4, -0.2) is 19.6 Å². The van der Waals surface area contributed by atoms with Crippen LogP contribution in [0.1, 0.15) is 40.9 Å². The van der Waals surface area contributed by atoms with Gasteiger partial charge < -0.3 is 14.8 Å². The second-order valence-corrected chi connectivity index (χ2v) is 5.59. The van der Waals surface area contributed by atoms with Crippen molar-refractivity contribution in [3.05, 3.63) is 59.2 Å². The first kappa shape index (κ1) is 18.7. The van der Waals surface area contributed by atoms with Gasteiger partial charge in [0.1, 0.15) is 0 Å². The van der Waals surface area contributed by atoms with E-state index in [1.54, 1.807) is 0 Å². The largest absolute Gasteiger partial charge is 0.493 e. The molecule has 25 heavy (non-hydrogen) atoms. The van der Waals surface area contributed by atoms with Crippen LogP contribution in [0.3, 0.4) is 0 Å². The van der Waals surface area contributed by atoms with Crippen LogP contribution in [0.25, 0.3) is 0 Å². The van der Waals surface area contributed by atoms with Gasteiger partial charge in [-0.1, -0.05) is 36.8 Å². The minimum atomic E-state index is -2.96. The van der Waals surface area contributed by atoms with E-state index < -0.39 is 6.61 Å². The summed E-state index contributed by atoms with van der Waals surface area (Å²) in [6, 6.07) is 11.9. The van der Waals surface area contributed by atoms with Crippen LogP contribution in [0.2, 0.25) is 0 Å². The molecule has 1 atom stereocenters. The molecule has 6 heteroatoms. The molecular weight excluding hydrogens is 328 g/mol. The van der Waals surface area contributed by atoms with E-state index in [1.807, 2.05) is 38.1 Å². The summed E-state index contributed by atoms with van der Waals surface area (Å²) in [7, 11) is 1.33. The molecule has 1 N–H and O–H groups in total. The van der Waals surface area contributed by atoms with Crippen LogP contribution in [0.5, 0.6) is 11.5 Å². The van der Waals surface area contributed by atoms with Crippen LogP contribution in [0, 0.1) is 6.92 Å². The van der Waals surface area contributed by atoms with E-state index in [0.717, 1.165) is 17.5 Å². The van der Waals surface area contributed by atoms with Crippen molar-refractivity contribution in [2.24, 2.45) is 0 Å². The van der Waals surface area contributed by atoms with Crippen LogP contribution >= 0.6 is 0 Å². The van der Waals surface area contributed by atoms with Gasteiger partial charge in [-0.3, -0.25) is 4.79 Å². The molecule has 0 unspecified atom stereocenters. The highest BCUT2D eigenvalue weighted by molar-refractivity contribution is 5.95. The summed E-state index contributed by atoms with van der Waals surface area (Å²) < 4.78 is 34.1. The molecule has 2 aromatic rings. The van der Waals surface area contributed by atoms with E-state index in [2.05, 4.69) is 10.1 Å². The first-order valence-corrected chi connectivity index (χ1v) is 7.94. The zero-order valence-corrected chi connectivity index (χ0v) is 14.4. The van der Waals surface area contributed by atoms with Gasteiger partial charge in [0.15, 0.2) is 11.5 Å². The number of ether oxygens (including phenoxy) is 2. The topological polar surface area (TPSA) is 47.6 Å². The average Bonchev–Trinajstić information content (AvgIpc) is 2.60. The SMILES string of the molecule is CC[C@@H](NC(=O)c1ccc(OC(F)F)c(OC)c1)c1ccc(C)cc1. The predicted octanol–water partition coefficient (Wildman–Crippen LogP) is 4.49. The molecule has 0 heterocycles. The van der Waals surface area contributed by atoms with E-state index >= 15 is 0 Å². The Morgan fingerprint density at radius 3 is 2.36 bits per heavy atom. The Balaban J connectivity index is 2.17. The van der Waals surface area contributed by atoms with Crippen molar-refractivity contribution in [3.8, 4) is 11.5 Å². The number of amides is 1. The zero-order chi connectivity index (χ0) is 18.4. The maximum atomic E-state index is 12.5. The molecule has 2 aromatic carbocycles. The molecule has 134 valence electrons. The molecule has 4 nitrogen and oxygen atoms in total. The molecule has 0 bridgehead atoms. The predicted molar refractivity (Wildman–Crippen MR) is 91.3 cm³/mol. The molecule has 0 aliphatic carbocycles. The maximum Gasteiger partial charge on any atom is 0.387 e. The van der Waals surface area contributed by atoms with Crippen LogP contribution < -0.4 is 14.8 Å². The maximum absolute atomic E-state index is 12.5. The summed E-state index contributed by atoms with van der Waals surface area (Å²) in [5.41, 5.74) is 2.46. The molecule has 0 aliphatic rings.